The molecule has 3 heteroatoms. The average molecular weight is 287 g/mol. The topological polar surface area (TPSA) is 24.4 Å². The first kappa shape index (κ1) is 18.8. The van der Waals surface area contributed by atoms with Gasteiger partial charge >= 0.3 is 0 Å². The van der Waals surface area contributed by atoms with E-state index in [0.717, 1.165) is 17.5 Å². The van der Waals surface area contributed by atoms with Crippen molar-refractivity contribution in [3.8, 4) is 0 Å². The summed E-state index contributed by atoms with van der Waals surface area (Å²) >= 11 is 1.85. The smallest absolute Gasteiger partial charge is 0.156 e. The molecule has 0 radical (unpaired) electrons. The maximum Gasteiger partial charge on any atom is 0.156 e. The van der Waals surface area contributed by atoms with Gasteiger partial charge < -0.3 is 5.32 Å². The van der Waals surface area contributed by atoms with Crippen molar-refractivity contribution in [2.75, 3.05) is 12.3 Å². The lowest BCUT2D eigenvalue weighted by Gasteiger charge is -2.16. The van der Waals surface area contributed by atoms with Gasteiger partial charge in [-0.05, 0) is 25.5 Å². The van der Waals surface area contributed by atoms with Gasteiger partial charge in [-0.15, -0.1) is 0 Å². The second kappa shape index (κ2) is 14.2. The van der Waals surface area contributed by atoms with Crippen LogP contribution in [0.4, 0.5) is 0 Å². The average Bonchev–Trinajstić information content (AvgIpc) is 2.39. The summed E-state index contributed by atoms with van der Waals surface area (Å²) in [4.78, 5) is 4.72. The molecule has 1 unspecified atom stereocenters. The number of aliphatic imine (C=N–C) groups is 1. The Morgan fingerprint density at radius 3 is 2.32 bits per heavy atom. The molecule has 114 valence electrons. The van der Waals surface area contributed by atoms with E-state index in [2.05, 4.69) is 33.0 Å². The number of nitrogens with one attached hydrogen (secondary N) is 1. The molecule has 1 N–H and O–H groups in total. The highest BCUT2D eigenvalue weighted by atomic mass is 32.2. The molecule has 1 atom stereocenters. The molecule has 2 nitrogen and oxygen atoms in total. The number of rotatable bonds is 11. The first-order valence-corrected chi connectivity index (χ1v) is 9.16. The van der Waals surface area contributed by atoms with Crippen LogP contribution in [0.5, 0.6) is 0 Å². The third kappa shape index (κ3) is 12.6. The van der Waals surface area contributed by atoms with Crippen molar-refractivity contribution < 1.29 is 0 Å². The van der Waals surface area contributed by atoms with Crippen molar-refractivity contribution in [1.29, 1.82) is 0 Å². The zero-order chi connectivity index (χ0) is 14.3. The lowest BCUT2D eigenvalue weighted by atomic mass is 10.1. The molecule has 0 saturated heterocycles. The predicted molar refractivity (Wildman–Crippen MR) is 91.3 cm³/mol. The monoisotopic (exact) mass is 286 g/mol. The summed E-state index contributed by atoms with van der Waals surface area (Å²) in [5.41, 5.74) is 0. The van der Waals surface area contributed by atoms with E-state index in [4.69, 9.17) is 4.99 Å². The molecule has 0 heterocycles. The Hall–Kier alpha value is -0.180. The van der Waals surface area contributed by atoms with Gasteiger partial charge in [-0.2, -0.15) is 0 Å². The van der Waals surface area contributed by atoms with Crippen LogP contribution in [0.1, 0.15) is 79.1 Å². The Morgan fingerprint density at radius 2 is 1.68 bits per heavy atom. The third-order valence-electron chi connectivity index (χ3n) is 3.16. The summed E-state index contributed by atoms with van der Waals surface area (Å²) in [5, 5.41) is 4.74. The van der Waals surface area contributed by atoms with Gasteiger partial charge in [0.2, 0.25) is 0 Å². The van der Waals surface area contributed by atoms with Gasteiger partial charge in [0.15, 0.2) is 5.17 Å². The maximum atomic E-state index is 4.72. The van der Waals surface area contributed by atoms with Gasteiger partial charge in [-0.3, -0.25) is 4.99 Å². The largest absolute Gasteiger partial charge is 0.362 e. The molecule has 0 fully saturated rings. The molecule has 0 spiro atoms. The maximum absolute atomic E-state index is 4.72. The van der Waals surface area contributed by atoms with Crippen LogP contribution < -0.4 is 5.32 Å². The van der Waals surface area contributed by atoms with E-state index < -0.39 is 0 Å². The second-order valence-corrected chi connectivity index (χ2v) is 6.47. The quantitative estimate of drug-likeness (QED) is 0.319. The Balaban J connectivity index is 3.90. The van der Waals surface area contributed by atoms with Crippen molar-refractivity contribution in [2.45, 2.75) is 85.1 Å². The first-order chi connectivity index (χ1) is 9.24. The van der Waals surface area contributed by atoms with Crippen molar-refractivity contribution >= 4 is 16.9 Å². The Morgan fingerprint density at radius 1 is 1.00 bits per heavy atom. The lowest BCUT2D eigenvalue weighted by Crippen LogP contribution is -2.31. The molecule has 0 saturated carbocycles. The van der Waals surface area contributed by atoms with E-state index in [1.807, 2.05) is 11.8 Å². The second-order valence-electron chi connectivity index (χ2n) is 5.22. The number of unbranched alkanes of at least 4 members (excludes halogenated alkanes) is 5. The van der Waals surface area contributed by atoms with Gasteiger partial charge in [0.1, 0.15) is 0 Å². The lowest BCUT2D eigenvalue weighted by molar-refractivity contribution is 0.556. The highest BCUT2D eigenvalue weighted by Crippen LogP contribution is 2.08. The van der Waals surface area contributed by atoms with Gasteiger partial charge in [-0.25, -0.2) is 0 Å². The summed E-state index contributed by atoms with van der Waals surface area (Å²) in [5.74, 6) is 1.10. The summed E-state index contributed by atoms with van der Waals surface area (Å²) in [6, 6.07) is 0.556. The molecule has 0 amide bonds. The van der Waals surface area contributed by atoms with Crippen molar-refractivity contribution in [3.63, 3.8) is 0 Å². The number of amidine groups is 1. The molecule has 0 aliphatic carbocycles. The fourth-order valence-corrected chi connectivity index (χ4v) is 2.71. The van der Waals surface area contributed by atoms with Crippen molar-refractivity contribution in [2.24, 2.45) is 4.99 Å². The highest BCUT2D eigenvalue weighted by Gasteiger charge is 2.05. The van der Waals surface area contributed by atoms with Gasteiger partial charge in [0.25, 0.3) is 0 Å². The molecule has 0 aromatic carbocycles. The van der Waals surface area contributed by atoms with E-state index in [1.165, 1.54) is 51.4 Å². The van der Waals surface area contributed by atoms with Crippen LogP contribution >= 0.6 is 11.8 Å². The number of thioether (sulfide) groups is 1. The number of hydrogen-bond acceptors (Lipinski definition) is 2. The summed E-state index contributed by atoms with van der Waals surface area (Å²) in [7, 11) is 0. The van der Waals surface area contributed by atoms with E-state index >= 15 is 0 Å². The minimum atomic E-state index is 0.556. The van der Waals surface area contributed by atoms with Crippen LogP contribution in [0.15, 0.2) is 4.99 Å². The van der Waals surface area contributed by atoms with E-state index in [-0.39, 0.29) is 0 Å². The fraction of sp³-hybridized carbons (Fsp3) is 0.938. The van der Waals surface area contributed by atoms with Gasteiger partial charge in [0, 0.05) is 12.6 Å². The fourth-order valence-electron chi connectivity index (χ4n) is 1.97. The normalized spacial score (nSPS) is 13.6. The Bertz CT molecular complexity index is 217. The zero-order valence-corrected chi connectivity index (χ0v) is 14.3. The van der Waals surface area contributed by atoms with Crippen LogP contribution in [0.25, 0.3) is 0 Å². The SMILES string of the molecule is CCCCCCN=C(NC(C)CCCCC)SCC. The van der Waals surface area contributed by atoms with Crippen LogP contribution in [0.3, 0.4) is 0 Å². The van der Waals surface area contributed by atoms with Crippen molar-refractivity contribution in [3.05, 3.63) is 0 Å². The minimum absolute atomic E-state index is 0.556. The van der Waals surface area contributed by atoms with Crippen LogP contribution in [-0.4, -0.2) is 23.5 Å². The molecule has 0 aliphatic heterocycles. The Kier molecular flexibility index (Phi) is 14.1. The summed E-state index contributed by atoms with van der Waals surface area (Å²) in [6.45, 7) is 9.96. The first-order valence-electron chi connectivity index (χ1n) is 8.18. The van der Waals surface area contributed by atoms with Gasteiger partial charge in [0.05, 0.1) is 0 Å². The van der Waals surface area contributed by atoms with Crippen LogP contribution in [0.2, 0.25) is 0 Å². The molecule has 0 aliphatic rings. The number of hydrogen-bond donors (Lipinski definition) is 1. The standard InChI is InChI=1S/C16H34N2S/c1-5-8-10-12-14-17-16(19-7-3)18-15(4)13-11-9-6-2/h15H,5-14H2,1-4H3,(H,17,18). The number of nitrogens with zero attached hydrogens (tertiary/aromatic N) is 1. The van der Waals surface area contributed by atoms with E-state index in [9.17, 15) is 0 Å². The molecule has 0 rings (SSSR count). The van der Waals surface area contributed by atoms with Crippen molar-refractivity contribution in [1.82, 2.24) is 5.32 Å². The summed E-state index contributed by atoms with van der Waals surface area (Å²) in [6.07, 6.45) is 10.4. The molecule has 0 aromatic rings. The van der Waals surface area contributed by atoms with Crippen LogP contribution in [-0.2, 0) is 0 Å². The summed E-state index contributed by atoms with van der Waals surface area (Å²) < 4.78 is 0. The van der Waals surface area contributed by atoms with Gasteiger partial charge in [-0.1, -0.05) is 71.1 Å². The van der Waals surface area contributed by atoms with E-state index in [1.54, 1.807) is 0 Å². The zero-order valence-electron chi connectivity index (χ0n) is 13.5. The molecular weight excluding hydrogens is 252 g/mol. The third-order valence-corrected chi connectivity index (χ3v) is 3.97. The highest BCUT2D eigenvalue weighted by molar-refractivity contribution is 8.13. The van der Waals surface area contributed by atoms with E-state index in [0.29, 0.717) is 6.04 Å². The minimum Gasteiger partial charge on any atom is -0.362 e. The Labute approximate surface area is 125 Å². The molecular formula is C16H34N2S. The predicted octanol–water partition coefficient (Wildman–Crippen LogP) is 5.23. The molecule has 19 heavy (non-hydrogen) atoms. The molecule has 0 bridgehead atoms. The van der Waals surface area contributed by atoms with Crippen LogP contribution in [0, 0.1) is 0 Å². The molecule has 0 aromatic heterocycles.